The van der Waals surface area contributed by atoms with Gasteiger partial charge in [-0.15, -0.1) is 0 Å². The molecule has 2 amide bonds. The summed E-state index contributed by atoms with van der Waals surface area (Å²) >= 11 is 0. The maximum atomic E-state index is 13.7. The number of β-lactam (4-membered cyclic amide) rings is 1. The summed E-state index contributed by atoms with van der Waals surface area (Å²) in [5, 5.41) is 3.00. The van der Waals surface area contributed by atoms with Crippen LogP contribution in [0.4, 0.5) is 5.69 Å². The fraction of sp³-hybridized carbons (Fsp3) is 0.241. The number of methoxy groups -OCH3 is 2. The van der Waals surface area contributed by atoms with Gasteiger partial charge in [-0.05, 0) is 54.5 Å². The van der Waals surface area contributed by atoms with Gasteiger partial charge in [0.2, 0.25) is 5.91 Å². The smallest absolute Gasteiger partial charge is 0.251 e. The van der Waals surface area contributed by atoms with Crippen molar-refractivity contribution in [2.45, 2.75) is 25.4 Å². The molecule has 5 rings (SSSR count). The second kappa shape index (κ2) is 9.77. The molecule has 2 aliphatic heterocycles. The van der Waals surface area contributed by atoms with Crippen LogP contribution in [-0.4, -0.2) is 43.6 Å². The Morgan fingerprint density at radius 2 is 1.78 bits per heavy atom. The lowest BCUT2D eigenvalue weighted by Crippen LogP contribution is -2.57. The molecule has 3 aromatic carbocycles. The summed E-state index contributed by atoms with van der Waals surface area (Å²) in [7, 11) is 3.15. The zero-order valence-corrected chi connectivity index (χ0v) is 20.5. The standard InChI is InChI=1S/C29H28N2O5/c1-18-8-11-22(12-9-18)30-29(33)28(21-14-20-6-4-5-7-24(20)36-17-21)31-23(16-27(31)32)19-10-13-25(34-2)26(15-19)35-3/h4-15,23,28H,16-17H2,1-3H3,(H,30,33). The molecule has 0 bridgehead atoms. The first-order valence-electron chi connectivity index (χ1n) is 11.8. The van der Waals surface area contributed by atoms with E-state index in [1.54, 1.807) is 19.1 Å². The number of para-hydroxylation sites is 1. The van der Waals surface area contributed by atoms with Crippen LogP contribution in [0.1, 0.15) is 29.2 Å². The molecule has 7 nitrogen and oxygen atoms in total. The first kappa shape index (κ1) is 23.5. The van der Waals surface area contributed by atoms with Crippen molar-refractivity contribution >= 4 is 23.6 Å². The first-order valence-corrected chi connectivity index (χ1v) is 11.8. The van der Waals surface area contributed by atoms with Gasteiger partial charge in [-0.3, -0.25) is 9.59 Å². The molecule has 1 saturated heterocycles. The van der Waals surface area contributed by atoms with Crippen molar-refractivity contribution in [2.24, 2.45) is 0 Å². The molecule has 2 heterocycles. The maximum Gasteiger partial charge on any atom is 0.251 e. The molecule has 0 aromatic heterocycles. The van der Waals surface area contributed by atoms with E-state index in [1.165, 1.54) is 0 Å². The van der Waals surface area contributed by atoms with Gasteiger partial charge in [0.05, 0.1) is 26.7 Å². The predicted octanol–water partition coefficient (Wildman–Crippen LogP) is 4.77. The van der Waals surface area contributed by atoms with E-state index in [0.29, 0.717) is 23.6 Å². The number of anilines is 1. The lowest BCUT2D eigenvalue weighted by atomic mass is 9.88. The number of carbonyl (C=O) groups excluding carboxylic acids is 2. The summed E-state index contributed by atoms with van der Waals surface area (Å²) in [5.41, 5.74) is 4.23. The van der Waals surface area contributed by atoms with Crippen LogP contribution in [0.3, 0.4) is 0 Å². The highest BCUT2D eigenvalue weighted by Gasteiger charge is 2.46. The fourth-order valence-electron chi connectivity index (χ4n) is 4.71. The molecule has 2 atom stereocenters. The molecule has 7 heteroatoms. The van der Waals surface area contributed by atoms with Crippen LogP contribution in [0, 0.1) is 6.92 Å². The molecule has 2 unspecified atom stereocenters. The summed E-state index contributed by atoms with van der Waals surface area (Å²) < 4.78 is 16.8. The highest BCUT2D eigenvalue weighted by Crippen LogP contribution is 2.42. The van der Waals surface area contributed by atoms with Crippen molar-refractivity contribution in [1.29, 1.82) is 0 Å². The minimum atomic E-state index is -0.834. The number of benzene rings is 3. The summed E-state index contributed by atoms with van der Waals surface area (Å²) in [6.07, 6.45) is 2.25. The van der Waals surface area contributed by atoms with Gasteiger partial charge in [-0.25, -0.2) is 0 Å². The zero-order valence-electron chi connectivity index (χ0n) is 20.5. The van der Waals surface area contributed by atoms with Gasteiger partial charge >= 0.3 is 0 Å². The van der Waals surface area contributed by atoms with Crippen LogP contribution in [0.25, 0.3) is 6.08 Å². The third kappa shape index (κ3) is 4.40. The highest BCUT2D eigenvalue weighted by atomic mass is 16.5. The number of amides is 2. The Morgan fingerprint density at radius 1 is 1.03 bits per heavy atom. The van der Waals surface area contributed by atoms with E-state index in [-0.39, 0.29) is 24.5 Å². The molecule has 0 radical (unpaired) electrons. The Bertz CT molecular complexity index is 1330. The number of rotatable bonds is 7. The number of carbonyl (C=O) groups is 2. The molecular formula is C29H28N2O5. The van der Waals surface area contributed by atoms with Gasteiger partial charge in [-0.1, -0.05) is 42.0 Å². The first-order chi connectivity index (χ1) is 17.5. The van der Waals surface area contributed by atoms with E-state index in [2.05, 4.69) is 5.32 Å². The monoisotopic (exact) mass is 484 g/mol. The van der Waals surface area contributed by atoms with E-state index in [0.717, 1.165) is 28.0 Å². The zero-order chi connectivity index (χ0) is 25.2. The SMILES string of the molecule is COc1ccc(C2CC(=O)N2C(C(=O)Nc2ccc(C)cc2)C2=Cc3ccccc3OC2)cc1OC. The number of nitrogens with one attached hydrogen (secondary N) is 1. The second-order valence-corrected chi connectivity index (χ2v) is 8.94. The molecule has 0 spiro atoms. The normalized spacial score (nSPS) is 17.2. The Balaban J connectivity index is 1.52. The van der Waals surface area contributed by atoms with Crippen LogP contribution >= 0.6 is 0 Å². The third-order valence-corrected chi connectivity index (χ3v) is 6.64. The number of ether oxygens (including phenoxy) is 3. The van der Waals surface area contributed by atoms with Crippen LogP contribution in [0.2, 0.25) is 0 Å². The Labute approximate surface area is 210 Å². The van der Waals surface area contributed by atoms with Crippen LogP contribution in [0.5, 0.6) is 17.2 Å². The number of hydrogen-bond acceptors (Lipinski definition) is 5. The maximum absolute atomic E-state index is 13.7. The summed E-state index contributed by atoms with van der Waals surface area (Å²) in [6.45, 7) is 2.20. The second-order valence-electron chi connectivity index (χ2n) is 8.94. The van der Waals surface area contributed by atoms with Crippen molar-refractivity contribution < 1.29 is 23.8 Å². The van der Waals surface area contributed by atoms with E-state index in [1.807, 2.05) is 79.7 Å². The van der Waals surface area contributed by atoms with Crippen LogP contribution in [-0.2, 0) is 9.59 Å². The molecule has 1 fully saturated rings. The summed E-state index contributed by atoms with van der Waals surface area (Å²) in [4.78, 5) is 28.4. The Hall–Kier alpha value is -4.26. The Morgan fingerprint density at radius 3 is 2.50 bits per heavy atom. The van der Waals surface area contributed by atoms with Crippen molar-refractivity contribution in [3.8, 4) is 17.2 Å². The Kier molecular flexibility index (Phi) is 6.38. The predicted molar refractivity (Wildman–Crippen MR) is 137 cm³/mol. The van der Waals surface area contributed by atoms with Gasteiger partial charge < -0.3 is 24.4 Å². The number of nitrogens with zero attached hydrogens (tertiary/aromatic N) is 1. The van der Waals surface area contributed by atoms with E-state index >= 15 is 0 Å². The average molecular weight is 485 g/mol. The van der Waals surface area contributed by atoms with E-state index < -0.39 is 6.04 Å². The fourth-order valence-corrected chi connectivity index (χ4v) is 4.71. The molecule has 0 saturated carbocycles. The quantitative estimate of drug-likeness (QED) is 0.489. The van der Waals surface area contributed by atoms with Crippen LogP contribution in [0.15, 0.2) is 72.3 Å². The number of hydrogen-bond donors (Lipinski definition) is 1. The molecule has 0 aliphatic carbocycles. The van der Waals surface area contributed by atoms with Gasteiger partial charge in [-0.2, -0.15) is 0 Å². The lowest BCUT2D eigenvalue weighted by Gasteiger charge is -2.46. The molecule has 36 heavy (non-hydrogen) atoms. The van der Waals surface area contributed by atoms with Crippen molar-refractivity contribution in [1.82, 2.24) is 4.90 Å². The van der Waals surface area contributed by atoms with E-state index in [9.17, 15) is 9.59 Å². The molecule has 3 aromatic rings. The lowest BCUT2D eigenvalue weighted by molar-refractivity contribution is -0.152. The van der Waals surface area contributed by atoms with Gasteiger partial charge in [0, 0.05) is 11.3 Å². The van der Waals surface area contributed by atoms with Crippen molar-refractivity contribution in [2.75, 3.05) is 26.1 Å². The molecule has 2 aliphatic rings. The van der Waals surface area contributed by atoms with Crippen molar-refractivity contribution in [3.63, 3.8) is 0 Å². The largest absolute Gasteiger partial charge is 0.493 e. The van der Waals surface area contributed by atoms with Gasteiger partial charge in [0.25, 0.3) is 5.91 Å². The molecule has 1 N–H and O–H groups in total. The number of likely N-dealkylation sites (tertiary alicyclic amines) is 1. The average Bonchev–Trinajstić information content (AvgIpc) is 2.90. The highest BCUT2D eigenvalue weighted by molar-refractivity contribution is 6.01. The van der Waals surface area contributed by atoms with E-state index in [4.69, 9.17) is 14.2 Å². The van der Waals surface area contributed by atoms with Crippen molar-refractivity contribution in [3.05, 3.63) is 89.0 Å². The minimum Gasteiger partial charge on any atom is -0.493 e. The summed E-state index contributed by atoms with van der Waals surface area (Å²) in [6, 6.07) is 19.7. The topological polar surface area (TPSA) is 77.1 Å². The summed E-state index contributed by atoms with van der Waals surface area (Å²) in [5.74, 6) is 1.55. The van der Waals surface area contributed by atoms with Gasteiger partial charge in [0.1, 0.15) is 18.4 Å². The number of fused-ring (bicyclic) bond motifs is 1. The number of aryl methyl sites for hydroxylation is 1. The molecule has 184 valence electrons. The van der Waals surface area contributed by atoms with Gasteiger partial charge in [0.15, 0.2) is 11.5 Å². The van der Waals surface area contributed by atoms with Crippen LogP contribution < -0.4 is 19.5 Å². The minimum absolute atomic E-state index is 0.0985. The molecular weight excluding hydrogens is 456 g/mol. The third-order valence-electron chi connectivity index (χ3n) is 6.64.